The van der Waals surface area contributed by atoms with Gasteiger partial charge in [0.15, 0.2) is 0 Å². The predicted octanol–water partition coefficient (Wildman–Crippen LogP) is 2.10. The van der Waals surface area contributed by atoms with Gasteiger partial charge in [0.05, 0.1) is 6.54 Å². The van der Waals surface area contributed by atoms with Gasteiger partial charge in [-0.1, -0.05) is 42.4 Å². The third-order valence-electron chi connectivity index (χ3n) is 2.60. The van der Waals surface area contributed by atoms with E-state index in [0.717, 1.165) is 5.56 Å². The van der Waals surface area contributed by atoms with Crippen molar-refractivity contribution in [3.8, 4) is 11.4 Å². The van der Waals surface area contributed by atoms with E-state index in [1.165, 1.54) is 0 Å². The third-order valence-corrected chi connectivity index (χ3v) is 2.60. The van der Waals surface area contributed by atoms with Crippen LogP contribution < -0.4 is 0 Å². The van der Waals surface area contributed by atoms with Crippen LogP contribution in [0.15, 0.2) is 34.9 Å². The first-order chi connectivity index (χ1) is 8.70. The Balaban J connectivity index is 2.09. The first-order valence-corrected chi connectivity index (χ1v) is 5.82. The first kappa shape index (κ1) is 12.3. The second-order valence-corrected chi connectivity index (χ2v) is 3.98. The van der Waals surface area contributed by atoms with E-state index >= 15 is 0 Å². The summed E-state index contributed by atoms with van der Waals surface area (Å²) in [5, 5.41) is 3.90. The van der Waals surface area contributed by atoms with Crippen molar-refractivity contribution in [1.82, 2.24) is 15.0 Å². The van der Waals surface area contributed by atoms with Crippen molar-refractivity contribution < 1.29 is 9.32 Å². The molecule has 0 saturated heterocycles. The van der Waals surface area contributed by atoms with Crippen LogP contribution in [0.1, 0.15) is 19.2 Å². The molecular formula is C13H15N3O2. The molecule has 0 spiro atoms. The molecule has 0 N–H and O–H groups in total. The molecule has 2 aromatic rings. The lowest BCUT2D eigenvalue weighted by Gasteiger charge is -2.12. The van der Waals surface area contributed by atoms with Crippen LogP contribution in [0.5, 0.6) is 0 Å². The van der Waals surface area contributed by atoms with Crippen LogP contribution in [0, 0.1) is 0 Å². The molecule has 0 unspecified atom stereocenters. The number of aromatic nitrogens is 2. The Kier molecular flexibility index (Phi) is 3.72. The van der Waals surface area contributed by atoms with Gasteiger partial charge < -0.3 is 9.42 Å². The predicted molar refractivity (Wildman–Crippen MR) is 66.5 cm³/mol. The zero-order chi connectivity index (χ0) is 13.0. The Labute approximate surface area is 105 Å². The van der Waals surface area contributed by atoms with Crippen molar-refractivity contribution in [3.63, 3.8) is 0 Å². The average Bonchev–Trinajstić information content (AvgIpc) is 2.87. The molecule has 1 aromatic carbocycles. The van der Waals surface area contributed by atoms with Gasteiger partial charge in [-0.25, -0.2) is 0 Å². The van der Waals surface area contributed by atoms with Crippen molar-refractivity contribution in [2.75, 3.05) is 7.05 Å². The fraction of sp³-hybridized carbons (Fsp3) is 0.308. The van der Waals surface area contributed by atoms with Gasteiger partial charge in [-0.15, -0.1) is 0 Å². The second-order valence-electron chi connectivity index (χ2n) is 3.98. The number of benzene rings is 1. The summed E-state index contributed by atoms with van der Waals surface area (Å²) in [5.74, 6) is 1.04. The summed E-state index contributed by atoms with van der Waals surface area (Å²) in [5.41, 5.74) is 0.900. The summed E-state index contributed by atoms with van der Waals surface area (Å²) in [6.07, 6.45) is 0.468. The molecule has 94 valence electrons. The smallest absolute Gasteiger partial charge is 0.246 e. The Bertz CT molecular complexity index is 522. The van der Waals surface area contributed by atoms with Gasteiger partial charge in [0.2, 0.25) is 17.6 Å². The fourth-order valence-electron chi connectivity index (χ4n) is 1.58. The monoisotopic (exact) mass is 245 g/mol. The Morgan fingerprint density at radius 2 is 2.06 bits per heavy atom. The molecule has 0 atom stereocenters. The van der Waals surface area contributed by atoms with E-state index in [1.54, 1.807) is 11.9 Å². The maximum atomic E-state index is 11.4. The first-order valence-electron chi connectivity index (χ1n) is 5.82. The maximum Gasteiger partial charge on any atom is 0.246 e. The minimum absolute atomic E-state index is 0.0504. The Morgan fingerprint density at radius 1 is 1.33 bits per heavy atom. The average molecular weight is 245 g/mol. The van der Waals surface area contributed by atoms with Crippen LogP contribution in [0.25, 0.3) is 11.4 Å². The molecule has 5 heteroatoms. The van der Waals surface area contributed by atoms with E-state index in [0.29, 0.717) is 24.7 Å². The van der Waals surface area contributed by atoms with Gasteiger partial charge in [0.1, 0.15) is 0 Å². The highest BCUT2D eigenvalue weighted by Crippen LogP contribution is 2.15. The summed E-state index contributed by atoms with van der Waals surface area (Å²) < 4.78 is 5.13. The summed E-state index contributed by atoms with van der Waals surface area (Å²) >= 11 is 0. The minimum atomic E-state index is 0.0504. The van der Waals surface area contributed by atoms with Crippen molar-refractivity contribution >= 4 is 5.91 Å². The van der Waals surface area contributed by atoms with E-state index in [2.05, 4.69) is 10.1 Å². The van der Waals surface area contributed by atoms with Crippen LogP contribution in [0.4, 0.5) is 0 Å². The van der Waals surface area contributed by atoms with Crippen LogP contribution in [0.3, 0.4) is 0 Å². The highest BCUT2D eigenvalue weighted by atomic mass is 16.5. The van der Waals surface area contributed by atoms with E-state index in [9.17, 15) is 4.79 Å². The molecule has 0 aliphatic rings. The highest BCUT2D eigenvalue weighted by Gasteiger charge is 2.12. The summed E-state index contributed by atoms with van der Waals surface area (Å²) in [4.78, 5) is 17.3. The zero-order valence-corrected chi connectivity index (χ0v) is 10.5. The maximum absolute atomic E-state index is 11.4. The number of carbonyl (C=O) groups excluding carboxylic acids is 1. The van der Waals surface area contributed by atoms with Gasteiger partial charge in [-0.3, -0.25) is 4.79 Å². The summed E-state index contributed by atoms with van der Waals surface area (Å²) in [6.45, 7) is 2.16. The van der Waals surface area contributed by atoms with Crippen molar-refractivity contribution in [3.05, 3.63) is 36.2 Å². The van der Waals surface area contributed by atoms with Crippen LogP contribution in [-0.4, -0.2) is 28.0 Å². The van der Waals surface area contributed by atoms with Crippen LogP contribution in [-0.2, 0) is 11.3 Å². The molecule has 1 amide bonds. The van der Waals surface area contributed by atoms with Gasteiger partial charge in [0, 0.05) is 19.0 Å². The third kappa shape index (κ3) is 2.74. The highest BCUT2D eigenvalue weighted by molar-refractivity contribution is 5.75. The van der Waals surface area contributed by atoms with E-state index in [-0.39, 0.29) is 5.91 Å². The normalized spacial score (nSPS) is 10.3. The number of carbonyl (C=O) groups is 1. The largest absolute Gasteiger partial charge is 0.337 e. The Hall–Kier alpha value is -2.17. The summed E-state index contributed by atoms with van der Waals surface area (Å²) in [7, 11) is 1.72. The number of nitrogens with zero attached hydrogens (tertiary/aromatic N) is 3. The van der Waals surface area contributed by atoms with E-state index in [4.69, 9.17) is 4.52 Å². The van der Waals surface area contributed by atoms with Gasteiger partial charge in [-0.2, -0.15) is 4.98 Å². The number of rotatable bonds is 4. The van der Waals surface area contributed by atoms with Crippen LogP contribution >= 0.6 is 0 Å². The Morgan fingerprint density at radius 3 is 2.72 bits per heavy atom. The number of hydrogen-bond acceptors (Lipinski definition) is 4. The lowest BCUT2D eigenvalue weighted by atomic mass is 10.2. The van der Waals surface area contributed by atoms with Gasteiger partial charge >= 0.3 is 0 Å². The second kappa shape index (κ2) is 5.44. The molecule has 2 rings (SSSR count). The molecule has 0 radical (unpaired) electrons. The molecule has 0 aliphatic heterocycles. The lowest BCUT2D eigenvalue weighted by Crippen LogP contribution is -2.25. The molecule has 0 aliphatic carbocycles. The van der Waals surface area contributed by atoms with Crippen molar-refractivity contribution in [2.45, 2.75) is 19.9 Å². The molecule has 1 aromatic heterocycles. The van der Waals surface area contributed by atoms with Gasteiger partial charge in [-0.05, 0) is 0 Å². The quantitative estimate of drug-likeness (QED) is 0.827. The zero-order valence-electron chi connectivity index (χ0n) is 10.5. The topological polar surface area (TPSA) is 59.2 Å². The van der Waals surface area contributed by atoms with E-state index < -0.39 is 0 Å². The minimum Gasteiger partial charge on any atom is -0.337 e. The van der Waals surface area contributed by atoms with Crippen LogP contribution in [0.2, 0.25) is 0 Å². The molecule has 5 nitrogen and oxygen atoms in total. The number of amides is 1. The summed E-state index contributed by atoms with van der Waals surface area (Å²) in [6, 6.07) is 9.58. The molecule has 0 saturated carbocycles. The standard InChI is InChI=1S/C13H15N3O2/c1-3-12(17)16(2)9-11-14-13(15-18-11)10-7-5-4-6-8-10/h4-8H,3,9H2,1-2H3. The SMILES string of the molecule is CCC(=O)N(C)Cc1nc(-c2ccccc2)no1. The molecular weight excluding hydrogens is 230 g/mol. The molecule has 0 fully saturated rings. The van der Waals surface area contributed by atoms with E-state index in [1.807, 2.05) is 37.3 Å². The van der Waals surface area contributed by atoms with Crippen molar-refractivity contribution in [2.24, 2.45) is 0 Å². The number of hydrogen-bond donors (Lipinski definition) is 0. The molecule has 18 heavy (non-hydrogen) atoms. The molecule has 1 heterocycles. The fourth-order valence-corrected chi connectivity index (χ4v) is 1.58. The van der Waals surface area contributed by atoms with Crippen molar-refractivity contribution in [1.29, 1.82) is 0 Å². The van der Waals surface area contributed by atoms with Gasteiger partial charge in [0.25, 0.3) is 0 Å². The molecule has 0 bridgehead atoms. The lowest BCUT2D eigenvalue weighted by molar-refractivity contribution is -0.130.